The van der Waals surface area contributed by atoms with Crippen molar-refractivity contribution in [2.24, 2.45) is 0 Å². The number of nitrogens with one attached hydrogen (secondary N) is 2. The Kier molecular flexibility index (Phi) is 3.09. The van der Waals surface area contributed by atoms with Gasteiger partial charge >= 0.3 is 0 Å². The smallest absolute Gasteiger partial charge is 0.186 e. The average molecular weight is 221 g/mol. The monoisotopic (exact) mass is 221 g/mol. The molecule has 5 nitrogen and oxygen atoms in total. The van der Waals surface area contributed by atoms with Crippen molar-refractivity contribution < 1.29 is 4.39 Å². The summed E-state index contributed by atoms with van der Waals surface area (Å²) >= 11 is 0. The van der Waals surface area contributed by atoms with E-state index in [0.717, 1.165) is 5.69 Å². The molecule has 2 rings (SSSR count). The first-order valence-corrected chi connectivity index (χ1v) is 5.01. The number of hydrogen-bond donors (Lipinski definition) is 2. The van der Waals surface area contributed by atoms with Gasteiger partial charge in [0.2, 0.25) is 0 Å². The normalized spacial score (nSPS) is 10.4. The minimum absolute atomic E-state index is 0.224. The predicted octanol–water partition coefficient (Wildman–Crippen LogP) is 1.51. The van der Waals surface area contributed by atoms with E-state index in [-0.39, 0.29) is 11.6 Å². The van der Waals surface area contributed by atoms with Gasteiger partial charge in [0.05, 0.1) is 24.3 Å². The Hall–Kier alpha value is -1.98. The van der Waals surface area contributed by atoms with Crippen LogP contribution in [0.3, 0.4) is 0 Å². The average Bonchev–Trinajstić information content (AvgIpc) is 2.81. The van der Waals surface area contributed by atoms with Gasteiger partial charge in [-0.05, 0) is 6.42 Å². The summed E-state index contributed by atoms with van der Waals surface area (Å²) in [7, 11) is 0. The maximum absolute atomic E-state index is 13.7. The molecule has 2 aromatic rings. The van der Waals surface area contributed by atoms with Crippen LogP contribution >= 0.6 is 0 Å². The first-order valence-electron chi connectivity index (χ1n) is 5.01. The Balaban J connectivity index is 2.09. The minimum Gasteiger partial charge on any atom is -0.362 e. The van der Waals surface area contributed by atoms with Gasteiger partial charge in [0.1, 0.15) is 6.33 Å². The number of rotatable bonds is 4. The van der Waals surface area contributed by atoms with E-state index in [2.05, 4.69) is 25.3 Å². The van der Waals surface area contributed by atoms with Gasteiger partial charge in [0.25, 0.3) is 0 Å². The molecule has 84 valence electrons. The van der Waals surface area contributed by atoms with Crippen molar-refractivity contribution in [3.63, 3.8) is 0 Å². The molecule has 0 radical (unpaired) electrons. The molecule has 0 aliphatic heterocycles. The number of H-pyrrole nitrogens is 1. The van der Waals surface area contributed by atoms with Crippen molar-refractivity contribution in [3.05, 3.63) is 36.1 Å². The Morgan fingerprint density at radius 2 is 2.31 bits per heavy atom. The molecule has 0 unspecified atom stereocenters. The highest BCUT2D eigenvalue weighted by Gasteiger charge is 2.08. The van der Waals surface area contributed by atoms with Gasteiger partial charge in [-0.25, -0.2) is 19.3 Å². The molecule has 0 spiro atoms. The zero-order valence-corrected chi connectivity index (χ0v) is 8.87. The molecular weight excluding hydrogens is 209 g/mol. The van der Waals surface area contributed by atoms with E-state index in [1.165, 1.54) is 6.33 Å². The fourth-order valence-electron chi connectivity index (χ4n) is 1.34. The van der Waals surface area contributed by atoms with Crippen LogP contribution in [0.25, 0.3) is 0 Å². The van der Waals surface area contributed by atoms with Gasteiger partial charge in [-0.3, -0.25) is 0 Å². The Morgan fingerprint density at radius 3 is 3.00 bits per heavy atom. The summed E-state index contributed by atoms with van der Waals surface area (Å²) in [5, 5.41) is 2.89. The number of hydrogen-bond acceptors (Lipinski definition) is 4. The van der Waals surface area contributed by atoms with Gasteiger partial charge in [0.15, 0.2) is 11.6 Å². The van der Waals surface area contributed by atoms with E-state index in [1.54, 1.807) is 12.5 Å². The van der Waals surface area contributed by atoms with Crippen LogP contribution in [0.5, 0.6) is 0 Å². The number of nitrogens with zero attached hydrogens (tertiary/aromatic N) is 3. The lowest BCUT2D eigenvalue weighted by atomic mass is 10.3. The first kappa shape index (κ1) is 10.5. The fraction of sp³-hybridized carbons (Fsp3) is 0.300. The van der Waals surface area contributed by atoms with Crippen LogP contribution in [0.1, 0.15) is 18.3 Å². The molecule has 0 saturated carbocycles. The third-order valence-electron chi connectivity index (χ3n) is 2.20. The molecule has 2 heterocycles. The number of imidazole rings is 1. The molecule has 0 atom stereocenters. The quantitative estimate of drug-likeness (QED) is 0.821. The molecule has 0 amide bonds. The lowest BCUT2D eigenvalue weighted by Gasteiger charge is -2.06. The van der Waals surface area contributed by atoms with Gasteiger partial charge in [-0.2, -0.15) is 0 Å². The molecule has 2 N–H and O–H groups in total. The molecule has 0 bridgehead atoms. The van der Waals surface area contributed by atoms with Crippen molar-refractivity contribution in [1.82, 2.24) is 19.9 Å². The van der Waals surface area contributed by atoms with Crippen molar-refractivity contribution in [1.29, 1.82) is 0 Å². The van der Waals surface area contributed by atoms with Gasteiger partial charge in [-0.15, -0.1) is 0 Å². The molecule has 0 aliphatic rings. The molecule has 0 aromatic carbocycles. The van der Waals surface area contributed by atoms with Crippen LogP contribution < -0.4 is 5.32 Å². The van der Waals surface area contributed by atoms with E-state index in [1.807, 2.05) is 6.92 Å². The van der Waals surface area contributed by atoms with Gasteiger partial charge in [0, 0.05) is 6.20 Å². The van der Waals surface area contributed by atoms with Crippen molar-refractivity contribution in [2.75, 3.05) is 5.32 Å². The van der Waals surface area contributed by atoms with Crippen LogP contribution in [-0.2, 0) is 13.0 Å². The molecule has 0 fully saturated rings. The van der Waals surface area contributed by atoms with E-state index in [9.17, 15) is 4.39 Å². The van der Waals surface area contributed by atoms with Crippen molar-refractivity contribution in [3.8, 4) is 0 Å². The highest BCUT2D eigenvalue weighted by Crippen LogP contribution is 2.13. The summed E-state index contributed by atoms with van der Waals surface area (Å²) in [6.45, 7) is 2.31. The number of aromatic amines is 1. The maximum atomic E-state index is 13.7. The second-order valence-corrected chi connectivity index (χ2v) is 3.27. The number of anilines is 1. The topological polar surface area (TPSA) is 66.5 Å². The minimum atomic E-state index is -0.385. The standard InChI is InChI=1S/C10H12FN5/c1-2-8-9(11)10(16-6-15-8)13-4-7-3-12-5-14-7/h3,5-6H,2,4H2,1H3,(H,12,14)(H,13,15,16). The summed E-state index contributed by atoms with van der Waals surface area (Å²) in [6, 6.07) is 0. The fourth-order valence-corrected chi connectivity index (χ4v) is 1.34. The molecule has 2 aromatic heterocycles. The molecular formula is C10H12FN5. The molecule has 16 heavy (non-hydrogen) atoms. The predicted molar refractivity (Wildman–Crippen MR) is 57.3 cm³/mol. The number of aromatic nitrogens is 4. The Morgan fingerprint density at radius 1 is 1.44 bits per heavy atom. The third-order valence-corrected chi connectivity index (χ3v) is 2.20. The van der Waals surface area contributed by atoms with E-state index in [0.29, 0.717) is 18.7 Å². The highest BCUT2D eigenvalue weighted by molar-refractivity contribution is 5.37. The summed E-state index contributed by atoms with van der Waals surface area (Å²) in [5.41, 5.74) is 1.29. The van der Waals surface area contributed by atoms with Crippen molar-refractivity contribution in [2.45, 2.75) is 19.9 Å². The SMILES string of the molecule is CCc1ncnc(NCc2cnc[nH]2)c1F. The Labute approximate surface area is 92.2 Å². The lowest BCUT2D eigenvalue weighted by molar-refractivity contribution is 0.596. The van der Waals surface area contributed by atoms with Crippen LogP contribution in [0.4, 0.5) is 10.2 Å². The summed E-state index contributed by atoms with van der Waals surface area (Å²) in [5.74, 6) is -0.161. The molecule has 0 saturated heterocycles. The number of aryl methyl sites for hydroxylation is 1. The van der Waals surface area contributed by atoms with Gasteiger partial charge in [-0.1, -0.05) is 6.92 Å². The zero-order valence-electron chi connectivity index (χ0n) is 8.87. The largest absolute Gasteiger partial charge is 0.362 e. The van der Waals surface area contributed by atoms with Crippen LogP contribution in [-0.4, -0.2) is 19.9 Å². The highest BCUT2D eigenvalue weighted by atomic mass is 19.1. The van der Waals surface area contributed by atoms with E-state index >= 15 is 0 Å². The second-order valence-electron chi connectivity index (χ2n) is 3.27. The van der Waals surface area contributed by atoms with Gasteiger partial charge < -0.3 is 10.3 Å². The molecule has 6 heteroatoms. The van der Waals surface area contributed by atoms with E-state index < -0.39 is 0 Å². The summed E-state index contributed by atoms with van der Waals surface area (Å²) in [6.07, 6.45) is 5.15. The third kappa shape index (κ3) is 2.16. The van der Waals surface area contributed by atoms with Crippen molar-refractivity contribution >= 4 is 5.82 Å². The number of halogens is 1. The first-order chi connectivity index (χ1) is 7.81. The van der Waals surface area contributed by atoms with Crippen LogP contribution in [0.2, 0.25) is 0 Å². The maximum Gasteiger partial charge on any atom is 0.186 e. The van der Waals surface area contributed by atoms with E-state index in [4.69, 9.17) is 0 Å². The Bertz CT molecular complexity index is 454. The second kappa shape index (κ2) is 4.69. The lowest BCUT2D eigenvalue weighted by Crippen LogP contribution is -2.06. The van der Waals surface area contributed by atoms with Crippen LogP contribution in [0, 0.1) is 5.82 Å². The summed E-state index contributed by atoms with van der Waals surface area (Å²) < 4.78 is 13.7. The zero-order chi connectivity index (χ0) is 11.4. The molecule has 0 aliphatic carbocycles. The summed E-state index contributed by atoms with van der Waals surface area (Å²) in [4.78, 5) is 14.5. The van der Waals surface area contributed by atoms with Crippen LogP contribution in [0.15, 0.2) is 18.9 Å².